The molecule has 0 amide bonds. The molecule has 1 aromatic heterocycles. The van der Waals surface area contributed by atoms with Crippen molar-refractivity contribution >= 4 is 26.7 Å². The van der Waals surface area contributed by atoms with Crippen LogP contribution in [0, 0.1) is 0 Å². The summed E-state index contributed by atoms with van der Waals surface area (Å²) in [5, 5.41) is 5.42. The minimum atomic E-state index is -0.971. The Labute approximate surface area is 157 Å². The molecule has 134 valence electrons. The third kappa shape index (κ3) is 3.31. The molecule has 1 aliphatic rings. The first-order chi connectivity index (χ1) is 12.5. The normalized spacial score (nSPS) is 18.7. The molecule has 26 heavy (non-hydrogen) atoms. The number of benzene rings is 2. The fraction of sp³-hybridized carbons (Fsp3) is 0.263. The van der Waals surface area contributed by atoms with Crippen LogP contribution in [0.1, 0.15) is 12.0 Å². The van der Waals surface area contributed by atoms with E-state index < -0.39 is 12.3 Å². The molecule has 1 saturated carbocycles. The Bertz CT molecular complexity index is 1020. The SMILES string of the molecule is COc1ccc(Cn2nc(OC3CC3F)c3cc(Br)ccc3c2=O)cc1. The zero-order chi connectivity index (χ0) is 18.3. The molecule has 2 unspecified atom stereocenters. The lowest BCUT2D eigenvalue weighted by molar-refractivity contribution is 0.248. The number of halogens is 2. The van der Waals surface area contributed by atoms with Crippen molar-refractivity contribution in [3.8, 4) is 11.6 Å². The van der Waals surface area contributed by atoms with Gasteiger partial charge in [-0.15, -0.1) is 5.10 Å². The molecule has 1 fully saturated rings. The van der Waals surface area contributed by atoms with Gasteiger partial charge in [-0.2, -0.15) is 0 Å². The lowest BCUT2D eigenvalue weighted by Gasteiger charge is -2.12. The summed E-state index contributed by atoms with van der Waals surface area (Å²) in [4.78, 5) is 12.8. The van der Waals surface area contributed by atoms with Crippen molar-refractivity contribution in [2.75, 3.05) is 7.11 Å². The molecule has 0 saturated heterocycles. The number of hydrogen-bond donors (Lipinski definition) is 0. The maximum absolute atomic E-state index is 13.3. The van der Waals surface area contributed by atoms with Gasteiger partial charge in [-0.05, 0) is 35.9 Å². The van der Waals surface area contributed by atoms with Crippen molar-refractivity contribution in [3.05, 3.63) is 62.9 Å². The second-order valence-corrected chi connectivity index (χ2v) is 7.13. The lowest BCUT2D eigenvalue weighted by atomic mass is 10.2. The van der Waals surface area contributed by atoms with Gasteiger partial charge >= 0.3 is 0 Å². The van der Waals surface area contributed by atoms with Crippen molar-refractivity contribution in [1.29, 1.82) is 0 Å². The van der Waals surface area contributed by atoms with Crippen molar-refractivity contribution in [2.24, 2.45) is 0 Å². The van der Waals surface area contributed by atoms with Crippen LogP contribution in [0.4, 0.5) is 4.39 Å². The third-order valence-electron chi connectivity index (χ3n) is 4.30. The molecule has 0 aliphatic heterocycles. The number of methoxy groups -OCH3 is 1. The van der Waals surface area contributed by atoms with Crippen LogP contribution in [0.2, 0.25) is 0 Å². The third-order valence-corrected chi connectivity index (χ3v) is 4.79. The average Bonchev–Trinajstić information content (AvgIpc) is 3.34. The standard InChI is InChI=1S/C19H16BrFN2O3/c1-25-13-5-2-11(3-6-13)10-23-19(24)14-7-4-12(20)8-15(14)18(22-23)26-17-9-16(17)21/h2-8,16-17H,9-10H2,1H3. The summed E-state index contributed by atoms with van der Waals surface area (Å²) >= 11 is 3.39. The molecule has 1 heterocycles. The zero-order valence-electron chi connectivity index (χ0n) is 14.0. The Morgan fingerprint density at radius 1 is 1.23 bits per heavy atom. The first kappa shape index (κ1) is 17.0. The summed E-state index contributed by atoms with van der Waals surface area (Å²) in [5.74, 6) is 1.02. The van der Waals surface area contributed by atoms with Gasteiger partial charge in [0.1, 0.15) is 18.0 Å². The summed E-state index contributed by atoms with van der Waals surface area (Å²) in [6, 6.07) is 12.7. The first-order valence-corrected chi connectivity index (χ1v) is 8.98. The van der Waals surface area contributed by atoms with Crippen LogP contribution in [0.15, 0.2) is 51.7 Å². The average molecular weight is 419 g/mol. The molecule has 2 aromatic carbocycles. The van der Waals surface area contributed by atoms with Crippen molar-refractivity contribution in [1.82, 2.24) is 9.78 Å². The number of hydrogen-bond acceptors (Lipinski definition) is 4. The van der Waals surface area contributed by atoms with E-state index in [1.807, 2.05) is 24.3 Å². The van der Waals surface area contributed by atoms with Gasteiger partial charge in [0.05, 0.1) is 24.4 Å². The molecule has 3 aromatic rings. The fourth-order valence-electron chi connectivity index (χ4n) is 2.73. The molecule has 7 heteroatoms. The molecule has 4 rings (SSSR count). The molecule has 5 nitrogen and oxygen atoms in total. The van der Waals surface area contributed by atoms with Crippen LogP contribution < -0.4 is 15.0 Å². The van der Waals surface area contributed by atoms with Crippen LogP contribution in [-0.4, -0.2) is 29.2 Å². The quantitative estimate of drug-likeness (QED) is 0.633. The number of nitrogens with zero attached hydrogens (tertiary/aromatic N) is 2. The predicted octanol–water partition coefficient (Wildman–Crippen LogP) is 3.71. The molecule has 0 radical (unpaired) electrons. The second-order valence-electron chi connectivity index (χ2n) is 6.21. The minimum absolute atomic E-state index is 0.219. The smallest absolute Gasteiger partial charge is 0.275 e. The molecule has 1 aliphatic carbocycles. The highest BCUT2D eigenvalue weighted by molar-refractivity contribution is 9.10. The lowest BCUT2D eigenvalue weighted by Crippen LogP contribution is -2.25. The topological polar surface area (TPSA) is 53.4 Å². The summed E-state index contributed by atoms with van der Waals surface area (Å²) in [6.45, 7) is 0.287. The molecule has 0 N–H and O–H groups in total. The highest BCUT2D eigenvalue weighted by atomic mass is 79.9. The number of ether oxygens (including phenoxy) is 2. The maximum Gasteiger partial charge on any atom is 0.275 e. The zero-order valence-corrected chi connectivity index (χ0v) is 15.6. The van der Waals surface area contributed by atoms with Gasteiger partial charge in [-0.1, -0.05) is 28.1 Å². The van der Waals surface area contributed by atoms with Gasteiger partial charge in [-0.3, -0.25) is 4.79 Å². The highest BCUT2D eigenvalue weighted by Crippen LogP contribution is 2.33. The van der Waals surface area contributed by atoms with E-state index in [-0.39, 0.29) is 18.0 Å². The van der Waals surface area contributed by atoms with E-state index >= 15 is 0 Å². The van der Waals surface area contributed by atoms with E-state index in [9.17, 15) is 9.18 Å². The number of fused-ring (bicyclic) bond motifs is 1. The van der Waals surface area contributed by atoms with Crippen LogP contribution >= 0.6 is 15.9 Å². The summed E-state index contributed by atoms with van der Waals surface area (Å²) in [7, 11) is 1.60. The maximum atomic E-state index is 13.3. The summed E-state index contributed by atoms with van der Waals surface area (Å²) < 4.78 is 26.3. The van der Waals surface area contributed by atoms with E-state index in [1.165, 1.54) is 4.68 Å². The monoisotopic (exact) mass is 418 g/mol. The van der Waals surface area contributed by atoms with Gasteiger partial charge in [0.25, 0.3) is 5.56 Å². The van der Waals surface area contributed by atoms with Crippen LogP contribution in [-0.2, 0) is 6.54 Å². The summed E-state index contributed by atoms with van der Waals surface area (Å²) in [5.41, 5.74) is 0.681. The van der Waals surface area contributed by atoms with Gasteiger partial charge in [0, 0.05) is 10.9 Å². The van der Waals surface area contributed by atoms with Crippen LogP contribution in [0.5, 0.6) is 11.6 Å². The Hall–Kier alpha value is -2.41. The van der Waals surface area contributed by atoms with E-state index in [1.54, 1.807) is 25.3 Å². The van der Waals surface area contributed by atoms with Crippen LogP contribution in [0.25, 0.3) is 10.8 Å². The Balaban J connectivity index is 1.76. The van der Waals surface area contributed by atoms with Crippen molar-refractivity contribution in [2.45, 2.75) is 25.2 Å². The molecule has 0 bridgehead atoms. The van der Waals surface area contributed by atoms with Gasteiger partial charge in [0.2, 0.25) is 5.88 Å². The predicted molar refractivity (Wildman–Crippen MR) is 99.7 cm³/mol. The number of aromatic nitrogens is 2. The van der Waals surface area contributed by atoms with E-state index in [2.05, 4.69) is 21.0 Å². The first-order valence-electron chi connectivity index (χ1n) is 8.19. The minimum Gasteiger partial charge on any atom is -0.497 e. The van der Waals surface area contributed by atoms with E-state index in [0.717, 1.165) is 15.8 Å². The molecular formula is C19H16BrFN2O3. The van der Waals surface area contributed by atoms with Crippen molar-refractivity contribution in [3.63, 3.8) is 0 Å². The number of rotatable bonds is 5. The largest absolute Gasteiger partial charge is 0.497 e. The Morgan fingerprint density at radius 3 is 2.62 bits per heavy atom. The Kier molecular flexibility index (Phi) is 4.40. The van der Waals surface area contributed by atoms with Gasteiger partial charge in [-0.25, -0.2) is 9.07 Å². The fourth-order valence-corrected chi connectivity index (χ4v) is 3.10. The molecule has 0 spiro atoms. The van der Waals surface area contributed by atoms with Crippen LogP contribution in [0.3, 0.4) is 0 Å². The molecule has 2 atom stereocenters. The summed E-state index contributed by atoms with van der Waals surface area (Å²) in [6.07, 6.45) is -1.10. The van der Waals surface area contributed by atoms with Crippen molar-refractivity contribution < 1.29 is 13.9 Å². The van der Waals surface area contributed by atoms with E-state index in [0.29, 0.717) is 17.2 Å². The van der Waals surface area contributed by atoms with Gasteiger partial charge < -0.3 is 9.47 Å². The highest BCUT2D eigenvalue weighted by Gasteiger charge is 2.41. The number of alkyl halides is 1. The van der Waals surface area contributed by atoms with E-state index in [4.69, 9.17) is 9.47 Å². The molecular weight excluding hydrogens is 403 g/mol. The Morgan fingerprint density at radius 2 is 1.96 bits per heavy atom. The van der Waals surface area contributed by atoms with Gasteiger partial charge in [0.15, 0.2) is 0 Å². The second kappa shape index (κ2) is 6.72.